The number of nitrogens with zero attached hydrogens (tertiary/aromatic N) is 2. The Morgan fingerprint density at radius 2 is 2.00 bits per heavy atom. The molecule has 3 aliphatic heterocycles. The maximum absolute atomic E-state index is 12.7. The van der Waals surface area contributed by atoms with Gasteiger partial charge in [-0.15, -0.1) is 0 Å². The van der Waals surface area contributed by atoms with Crippen LogP contribution in [-0.2, 0) is 11.3 Å². The van der Waals surface area contributed by atoms with Crippen LogP contribution in [0.25, 0.3) is 0 Å². The number of fused-ring (bicyclic) bond motifs is 3. The second-order valence-electron chi connectivity index (χ2n) is 6.74. The van der Waals surface area contributed by atoms with Crippen LogP contribution in [0.2, 0.25) is 0 Å². The van der Waals surface area contributed by atoms with E-state index in [2.05, 4.69) is 9.80 Å². The quantitative estimate of drug-likeness (QED) is 0.771. The number of Topliss-reactive ketones (excluding diaryl/α,β-unsaturated/α-hetero) is 1. The van der Waals surface area contributed by atoms with Crippen molar-refractivity contribution < 1.29 is 19.0 Å². The van der Waals surface area contributed by atoms with E-state index < -0.39 is 0 Å². The molecule has 4 aliphatic rings. The number of rotatable bonds is 2. The summed E-state index contributed by atoms with van der Waals surface area (Å²) in [6.07, 6.45) is 4.30. The molecule has 0 aromatic heterocycles. The molecule has 0 bridgehead atoms. The lowest BCUT2D eigenvalue weighted by Crippen LogP contribution is -2.33. The highest BCUT2D eigenvalue weighted by Gasteiger charge is 2.37. The van der Waals surface area contributed by atoms with Gasteiger partial charge in [0.2, 0.25) is 5.78 Å². The van der Waals surface area contributed by atoms with E-state index in [1.807, 2.05) is 18.3 Å². The number of allylic oxidation sites excluding steroid dienone is 1. The van der Waals surface area contributed by atoms with E-state index in [-0.39, 0.29) is 5.78 Å². The largest absolute Gasteiger partial charge is 0.478 e. The molecule has 126 valence electrons. The molecule has 1 saturated carbocycles. The summed E-state index contributed by atoms with van der Waals surface area (Å²) in [6, 6.07) is 4.34. The van der Waals surface area contributed by atoms with E-state index >= 15 is 0 Å². The monoisotopic (exact) mass is 328 g/mol. The number of ether oxygens (including phenoxy) is 3. The van der Waals surface area contributed by atoms with Crippen molar-refractivity contribution in [1.82, 2.24) is 9.80 Å². The number of carbonyl (C=O) groups excluding carboxylic acids is 1. The Morgan fingerprint density at radius 3 is 2.79 bits per heavy atom. The van der Waals surface area contributed by atoms with Crippen molar-refractivity contribution in [3.63, 3.8) is 0 Å². The summed E-state index contributed by atoms with van der Waals surface area (Å²) < 4.78 is 17.2. The molecule has 1 aliphatic carbocycles. The molecule has 3 heterocycles. The number of benzene rings is 1. The predicted octanol–water partition coefficient (Wildman–Crippen LogP) is 1.75. The summed E-state index contributed by atoms with van der Waals surface area (Å²) in [7, 11) is 0. The molecule has 1 aromatic carbocycles. The van der Waals surface area contributed by atoms with Gasteiger partial charge in [-0.2, -0.15) is 0 Å². The minimum Gasteiger partial charge on any atom is -0.478 e. The summed E-state index contributed by atoms with van der Waals surface area (Å²) in [6.45, 7) is 4.36. The van der Waals surface area contributed by atoms with Crippen molar-refractivity contribution >= 4 is 5.78 Å². The van der Waals surface area contributed by atoms with Crippen LogP contribution in [0.5, 0.6) is 11.5 Å². The van der Waals surface area contributed by atoms with E-state index in [4.69, 9.17) is 14.2 Å². The van der Waals surface area contributed by atoms with E-state index in [1.165, 1.54) is 12.8 Å². The van der Waals surface area contributed by atoms with Crippen LogP contribution in [0, 0.1) is 0 Å². The molecule has 1 aromatic rings. The van der Waals surface area contributed by atoms with Gasteiger partial charge in [0, 0.05) is 31.9 Å². The number of carbonyl (C=O) groups is 1. The van der Waals surface area contributed by atoms with Gasteiger partial charge in [0.1, 0.15) is 18.2 Å². The lowest BCUT2D eigenvalue weighted by Gasteiger charge is -2.29. The second kappa shape index (κ2) is 5.50. The van der Waals surface area contributed by atoms with Crippen molar-refractivity contribution in [2.75, 3.05) is 33.0 Å². The maximum Gasteiger partial charge on any atom is 0.233 e. The highest BCUT2D eigenvalue weighted by molar-refractivity contribution is 6.12. The third-order valence-corrected chi connectivity index (χ3v) is 5.05. The van der Waals surface area contributed by atoms with Crippen LogP contribution in [0.3, 0.4) is 0 Å². The Bertz CT molecular complexity index is 720. The Morgan fingerprint density at radius 1 is 1.17 bits per heavy atom. The van der Waals surface area contributed by atoms with E-state index in [1.54, 1.807) is 0 Å². The van der Waals surface area contributed by atoms with Crippen molar-refractivity contribution in [3.05, 3.63) is 35.2 Å². The lowest BCUT2D eigenvalue weighted by atomic mass is 10.0. The highest BCUT2D eigenvalue weighted by Crippen LogP contribution is 2.43. The van der Waals surface area contributed by atoms with Gasteiger partial charge >= 0.3 is 0 Å². The third-order valence-electron chi connectivity index (χ3n) is 5.05. The average Bonchev–Trinajstić information content (AvgIpc) is 3.42. The van der Waals surface area contributed by atoms with Gasteiger partial charge in [0.25, 0.3) is 0 Å². The fourth-order valence-electron chi connectivity index (χ4n) is 3.51. The lowest BCUT2D eigenvalue weighted by molar-refractivity contribution is 0.0577. The normalized spacial score (nSPS) is 25.2. The van der Waals surface area contributed by atoms with Crippen LogP contribution in [0.1, 0.15) is 28.8 Å². The molecular formula is C18H20N2O4. The van der Waals surface area contributed by atoms with Gasteiger partial charge in [0.05, 0.1) is 24.3 Å². The van der Waals surface area contributed by atoms with Crippen molar-refractivity contribution in [3.8, 4) is 11.5 Å². The van der Waals surface area contributed by atoms with Gasteiger partial charge in [-0.25, -0.2) is 0 Å². The van der Waals surface area contributed by atoms with Gasteiger partial charge in [-0.3, -0.25) is 9.69 Å². The summed E-state index contributed by atoms with van der Waals surface area (Å²) in [5.74, 6) is 1.89. The highest BCUT2D eigenvalue weighted by atomic mass is 16.5. The Kier molecular flexibility index (Phi) is 3.28. The molecule has 0 spiro atoms. The first-order valence-electron chi connectivity index (χ1n) is 8.58. The first kappa shape index (κ1) is 14.3. The summed E-state index contributed by atoms with van der Waals surface area (Å²) in [5, 5.41) is 0. The number of ketones is 1. The molecule has 5 rings (SSSR count). The third kappa shape index (κ3) is 2.37. The van der Waals surface area contributed by atoms with E-state index in [0.29, 0.717) is 43.1 Å². The molecule has 0 amide bonds. The molecule has 0 atom stereocenters. The topological polar surface area (TPSA) is 51.2 Å². The molecule has 24 heavy (non-hydrogen) atoms. The van der Waals surface area contributed by atoms with Crippen LogP contribution in [0.4, 0.5) is 0 Å². The van der Waals surface area contributed by atoms with Crippen LogP contribution in [0.15, 0.2) is 24.1 Å². The van der Waals surface area contributed by atoms with Crippen LogP contribution in [-0.4, -0.2) is 54.7 Å². The van der Waals surface area contributed by atoms with Crippen LogP contribution < -0.4 is 9.47 Å². The number of hydrogen-bond donors (Lipinski definition) is 0. The Hall–Kier alpha value is -2.05. The van der Waals surface area contributed by atoms with E-state index in [9.17, 15) is 4.79 Å². The zero-order valence-corrected chi connectivity index (χ0v) is 13.5. The zero-order valence-electron chi connectivity index (χ0n) is 13.5. The van der Waals surface area contributed by atoms with E-state index in [0.717, 1.165) is 30.9 Å². The first-order valence-corrected chi connectivity index (χ1v) is 8.58. The average molecular weight is 328 g/mol. The zero-order chi connectivity index (χ0) is 16.1. The molecule has 6 heteroatoms. The Labute approximate surface area is 140 Å². The fourth-order valence-corrected chi connectivity index (χ4v) is 3.51. The molecule has 1 saturated heterocycles. The smallest absolute Gasteiger partial charge is 0.233 e. The van der Waals surface area contributed by atoms with Gasteiger partial charge in [-0.05, 0) is 25.0 Å². The van der Waals surface area contributed by atoms with Crippen molar-refractivity contribution in [2.24, 2.45) is 0 Å². The standard InChI is InChI=1S/C18H20N2O4/c21-17-13-3-4-15-14(9-20(11-23-15)12-1-2-12)18(13)24-16(17)10-19-5-7-22-8-6-19/h3-4,10,12H,1-2,5-9,11H2/b16-10-. The first-order chi connectivity index (χ1) is 11.8. The van der Waals surface area contributed by atoms with Crippen molar-refractivity contribution in [2.45, 2.75) is 25.4 Å². The number of morpholine rings is 1. The summed E-state index contributed by atoms with van der Waals surface area (Å²) in [4.78, 5) is 17.1. The SMILES string of the molecule is O=C1/C(=C/N2CCOCC2)Oc2c1ccc1c2CN(C2CC2)CO1. The predicted molar refractivity (Wildman–Crippen MR) is 85.9 cm³/mol. The van der Waals surface area contributed by atoms with Gasteiger partial charge in [0.15, 0.2) is 5.76 Å². The molecule has 2 fully saturated rings. The molecular weight excluding hydrogens is 308 g/mol. The minimum atomic E-state index is -0.0390. The summed E-state index contributed by atoms with van der Waals surface area (Å²) in [5.41, 5.74) is 1.65. The van der Waals surface area contributed by atoms with Crippen LogP contribution >= 0.6 is 0 Å². The molecule has 6 nitrogen and oxygen atoms in total. The van der Waals surface area contributed by atoms with Crippen molar-refractivity contribution in [1.29, 1.82) is 0 Å². The second-order valence-corrected chi connectivity index (χ2v) is 6.74. The Balaban J connectivity index is 1.45. The minimum absolute atomic E-state index is 0.0390. The summed E-state index contributed by atoms with van der Waals surface area (Å²) >= 11 is 0. The number of hydrogen-bond acceptors (Lipinski definition) is 6. The van der Waals surface area contributed by atoms with Gasteiger partial charge < -0.3 is 19.1 Å². The maximum atomic E-state index is 12.7. The fraction of sp³-hybridized carbons (Fsp3) is 0.500. The van der Waals surface area contributed by atoms with Gasteiger partial charge in [-0.1, -0.05) is 0 Å². The molecule has 0 radical (unpaired) electrons. The molecule has 0 unspecified atom stereocenters. The molecule has 0 N–H and O–H groups in total.